The Balaban J connectivity index is 2.18. The molecule has 0 spiro atoms. The van der Waals surface area contributed by atoms with Crippen LogP contribution in [-0.4, -0.2) is 17.1 Å². The lowest BCUT2D eigenvalue weighted by Crippen LogP contribution is -2.20. The first-order chi connectivity index (χ1) is 9.88. The Morgan fingerprint density at radius 1 is 1.19 bits per heavy atom. The molecular formula is C12H7BrCl2N2O3S. The highest BCUT2D eigenvalue weighted by Crippen LogP contribution is 2.33. The number of halogens is 3. The number of carboxylic acids is 1. The Labute approximate surface area is 142 Å². The summed E-state index contributed by atoms with van der Waals surface area (Å²) < 4.78 is 0.589. The molecule has 0 aliphatic heterocycles. The fourth-order valence-electron chi connectivity index (χ4n) is 1.48. The molecule has 9 heteroatoms. The molecule has 2 rings (SSSR count). The second-order valence-corrected chi connectivity index (χ2v) is 7.02. The first-order valence-corrected chi connectivity index (χ1v) is 7.79. The standard InChI is InChI=1S/C12H7BrCl2N2O3S/c13-8-4-5(11(18)19)10(21-8)17-12(20)16-9-6(14)2-1-3-7(9)15/h1-4H,(H,18,19)(H2,16,17,20). The van der Waals surface area contributed by atoms with Gasteiger partial charge in [-0.2, -0.15) is 0 Å². The number of rotatable bonds is 3. The first kappa shape index (κ1) is 16.1. The van der Waals surface area contributed by atoms with E-state index < -0.39 is 12.0 Å². The number of carbonyl (C=O) groups is 2. The molecular weight excluding hydrogens is 403 g/mol. The molecule has 0 saturated carbocycles. The van der Waals surface area contributed by atoms with E-state index in [-0.39, 0.29) is 26.3 Å². The normalized spacial score (nSPS) is 10.2. The molecule has 0 saturated heterocycles. The SMILES string of the molecule is O=C(Nc1sc(Br)cc1C(=O)O)Nc1c(Cl)cccc1Cl. The van der Waals surface area contributed by atoms with Crippen LogP contribution >= 0.6 is 50.5 Å². The number of thiophene rings is 1. The van der Waals surface area contributed by atoms with Crippen LogP contribution in [0.1, 0.15) is 10.4 Å². The van der Waals surface area contributed by atoms with Gasteiger partial charge in [-0.05, 0) is 34.1 Å². The van der Waals surface area contributed by atoms with Crippen molar-refractivity contribution in [1.82, 2.24) is 0 Å². The van der Waals surface area contributed by atoms with Crippen LogP contribution in [0.5, 0.6) is 0 Å². The number of aromatic carboxylic acids is 1. The molecule has 1 heterocycles. The van der Waals surface area contributed by atoms with Crippen LogP contribution in [0.3, 0.4) is 0 Å². The summed E-state index contributed by atoms with van der Waals surface area (Å²) in [7, 11) is 0. The van der Waals surface area contributed by atoms with Gasteiger partial charge in [0.2, 0.25) is 0 Å². The number of benzene rings is 1. The molecule has 0 bridgehead atoms. The Morgan fingerprint density at radius 3 is 2.38 bits per heavy atom. The lowest BCUT2D eigenvalue weighted by molar-refractivity contribution is 0.0698. The van der Waals surface area contributed by atoms with Crippen molar-refractivity contribution >= 4 is 73.2 Å². The van der Waals surface area contributed by atoms with E-state index in [0.717, 1.165) is 11.3 Å². The van der Waals surface area contributed by atoms with Gasteiger partial charge in [0.15, 0.2) is 0 Å². The van der Waals surface area contributed by atoms with Gasteiger partial charge in [-0.25, -0.2) is 9.59 Å². The molecule has 0 aliphatic rings. The van der Waals surface area contributed by atoms with Crippen LogP contribution < -0.4 is 10.6 Å². The summed E-state index contributed by atoms with van der Waals surface area (Å²) in [5.74, 6) is -1.14. The number of hydrogen-bond donors (Lipinski definition) is 3. The van der Waals surface area contributed by atoms with Crippen LogP contribution in [0.2, 0.25) is 10.0 Å². The minimum Gasteiger partial charge on any atom is -0.478 e. The third kappa shape index (κ3) is 3.88. The smallest absolute Gasteiger partial charge is 0.338 e. The maximum atomic E-state index is 11.9. The van der Waals surface area contributed by atoms with E-state index >= 15 is 0 Å². The number of carboxylic acid groups (broad SMARTS) is 1. The van der Waals surface area contributed by atoms with Crippen molar-refractivity contribution in [2.45, 2.75) is 0 Å². The van der Waals surface area contributed by atoms with Gasteiger partial charge in [0.05, 0.1) is 25.1 Å². The number of hydrogen-bond acceptors (Lipinski definition) is 3. The van der Waals surface area contributed by atoms with Crippen molar-refractivity contribution in [1.29, 1.82) is 0 Å². The van der Waals surface area contributed by atoms with Crippen LogP contribution in [0.25, 0.3) is 0 Å². The minimum absolute atomic E-state index is 0.00715. The number of para-hydroxylation sites is 1. The molecule has 5 nitrogen and oxygen atoms in total. The van der Waals surface area contributed by atoms with E-state index in [1.807, 2.05) is 0 Å². The summed E-state index contributed by atoms with van der Waals surface area (Å²) >= 11 is 16.1. The van der Waals surface area contributed by atoms with E-state index in [2.05, 4.69) is 26.6 Å². The predicted octanol–water partition coefficient (Wildman–Crippen LogP) is 5.16. The Bertz CT molecular complexity index is 700. The number of urea groups is 1. The van der Waals surface area contributed by atoms with Gasteiger partial charge >= 0.3 is 12.0 Å². The molecule has 1 aromatic carbocycles. The summed E-state index contributed by atoms with van der Waals surface area (Å²) in [4.78, 5) is 23.0. The predicted molar refractivity (Wildman–Crippen MR) is 88.1 cm³/mol. The third-order valence-corrected chi connectivity index (χ3v) is 4.54. The van der Waals surface area contributed by atoms with Crippen molar-refractivity contribution in [3.8, 4) is 0 Å². The summed E-state index contributed by atoms with van der Waals surface area (Å²) in [6, 6.07) is 5.57. The monoisotopic (exact) mass is 408 g/mol. The number of anilines is 2. The van der Waals surface area contributed by atoms with Crippen molar-refractivity contribution in [2.75, 3.05) is 10.6 Å². The maximum Gasteiger partial charge on any atom is 0.338 e. The maximum absolute atomic E-state index is 11.9. The topological polar surface area (TPSA) is 78.4 Å². The molecule has 110 valence electrons. The van der Waals surface area contributed by atoms with Crippen LogP contribution in [-0.2, 0) is 0 Å². The highest BCUT2D eigenvalue weighted by Gasteiger charge is 2.17. The van der Waals surface area contributed by atoms with E-state index in [0.29, 0.717) is 3.79 Å². The highest BCUT2D eigenvalue weighted by atomic mass is 79.9. The first-order valence-electron chi connectivity index (χ1n) is 5.43. The van der Waals surface area contributed by atoms with Crippen LogP contribution in [0, 0.1) is 0 Å². The Hall–Kier alpha value is -1.28. The van der Waals surface area contributed by atoms with Crippen molar-refractivity contribution in [3.05, 3.63) is 43.7 Å². The molecule has 21 heavy (non-hydrogen) atoms. The van der Waals surface area contributed by atoms with E-state index in [4.69, 9.17) is 28.3 Å². The lowest BCUT2D eigenvalue weighted by Gasteiger charge is -2.10. The van der Waals surface area contributed by atoms with E-state index in [1.54, 1.807) is 18.2 Å². The fraction of sp³-hybridized carbons (Fsp3) is 0. The van der Waals surface area contributed by atoms with Gasteiger partial charge in [0.1, 0.15) is 5.00 Å². The van der Waals surface area contributed by atoms with Crippen molar-refractivity contribution in [2.24, 2.45) is 0 Å². The average molecular weight is 410 g/mol. The highest BCUT2D eigenvalue weighted by molar-refractivity contribution is 9.11. The summed E-state index contributed by atoms with van der Waals surface area (Å²) in [6.45, 7) is 0. The zero-order valence-corrected chi connectivity index (χ0v) is 14.0. The molecule has 0 unspecified atom stereocenters. The minimum atomic E-state index is -1.14. The summed E-state index contributed by atoms with van der Waals surface area (Å²) in [5, 5.41) is 14.8. The summed E-state index contributed by atoms with van der Waals surface area (Å²) in [6.07, 6.45) is 0. The van der Waals surface area contributed by atoms with Gasteiger partial charge in [0, 0.05) is 0 Å². The van der Waals surface area contributed by atoms with Gasteiger partial charge in [-0.3, -0.25) is 5.32 Å². The molecule has 0 aliphatic carbocycles. The van der Waals surface area contributed by atoms with E-state index in [9.17, 15) is 9.59 Å². The Kier molecular flexibility index (Phi) is 5.10. The molecule has 2 aromatic rings. The second kappa shape index (κ2) is 6.65. The largest absolute Gasteiger partial charge is 0.478 e. The molecule has 2 amide bonds. The fourth-order valence-corrected chi connectivity index (χ4v) is 3.46. The number of carbonyl (C=O) groups excluding carboxylic acids is 1. The average Bonchev–Trinajstić information content (AvgIpc) is 2.75. The zero-order valence-electron chi connectivity index (χ0n) is 10.1. The number of amides is 2. The van der Waals surface area contributed by atoms with Crippen LogP contribution in [0.15, 0.2) is 28.1 Å². The third-order valence-electron chi connectivity index (χ3n) is 2.36. The molecule has 1 aromatic heterocycles. The van der Waals surface area contributed by atoms with Crippen molar-refractivity contribution in [3.63, 3.8) is 0 Å². The van der Waals surface area contributed by atoms with Gasteiger partial charge in [0.25, 0.3) is 0 Å². The molecule has 0 radical (unpaired) electrons. The van der Waals surface area contributed by atoms with Gasteiger partial charge in [-0.15, -0.1) is 11.3 Å². The molecule has 0 fully saturated rings. The van der Waals surface area contributed by atoms with E-state index in [1.165, 1.54) is 6.07 Å². The van der Waals surface area contributed by atoms with Crippen molar-refractivity contribution < 1.29 is 14.7 Å². The number of nitrogens with one attached hydrogen (secondary N) is 2. The second-order valence-electron chi connectivity index (χ2n) is 3.77. The van der Waals surface area contributed by atoms with Gasteiger partial charge < -0.3 is 10.4 Å². The molecule has 3 N–H and O–H groups in total. The Morgan fingerprint density at radius 2 is 1.81 bits per heavy atom. The zero-order chi connectivity index (χ0) is 15.6. The lowest BCUT2D eigenvalue weighted by atomic mass is 10.3. The summed E-state index contributed by atoms with van der Waals surface area (Å²) in [5.41, 5.74) is 0.248. The molecule has 0 atom stereocenters. The quantitative estimate of drug-likeness (QED) is 0.654. The van der Waals surface area contributed by atoms with Crippen LogP contribution in [0.4, 0.5) is 15.5 Å². The van der Waals surface area contributed by atoms with Gasteiger partial charge in [-0.1, -0.05) is 29.3 Å².